The third kappa shape index (κ3) is 8.54. The number of fused-ring (bicyclic) bond motifs is 2. The van der Waals surface area contributed by atoms with E-state index in [1.54, 1.807) is 0 Å². The van der Waals surface area contributed by atoms with Crippen molar-refractivity contribution in [3.63, 3.8) is 0 Å². The molecule has 2 fully saturated rings. The van der Waals surface area contributed by atoms with Gasteiger partial charge in [-0.05, 0) is 45.4 Å². The summed E-state index contributed by atoms with van der Waals surface area (Å²) in [5.41, 5.74) is 2.38. The molecule has 0 unspecified atom stereocenters. The fourth-order valence-corrected chi connectivity index (χ4v) is 33.3. The number of hydrogen-bond acceptors (Lipinski definition) is 8. The number of hydrogen-bond donors (Lipinski definition) is 0. The van der Waals surface area contributed by atoms with E-state index in [0.717, 1.165) is 0 Å². The Labute approximate surface area is 361 Å². The molecule has 0 spiro atoms. The lowest BCUT2D eigenvalue weighted by molar-refractivity contribution is -0.146. The average Bonchev–Trinajstić information content (AvgIpc) is 3.05. The van der Waals surface area contributed by atoms with E-state index >= 15 is 0 Å². The van der Waals surface area contributed by atoms with Crippen molar-refractivity contribution in [1.82, 2.24) is 0 Å². The van der Waals surface area contributed by atoms with Gasteiger partial charge >= 0.3 is 17.1 Å². The molecule has 4 aliphatic rings. The van der Waals surface area contributed by atoms with Gasteiger partial charge in [0.1, 0.15) is 24.4 Å². The summed E-state index contributed by atoms with van der Waals surface area (Å²) in [5.74, 6) is 1.36. The van der Waals surface area contributed by atoms with Crippen LogP contribution in [0.4, 0.5) is 0 Å². The predicted molar refractivity (Wildman–Crippen MR) is 250 cm³/mol. The van der Waals surface area contributed by atoms with E-state index in [0.29, 0.717) is 58.0 Å². The third-order valence-electron chi connectivity index (χ3n) is 14.4. The van der Waals surface area contributed by atoms with Gasteiger partial charge in [-0.2, -0.15) is 0 Å². The smallest absolute Gasteiger partial charge is 0.349 e. The van der Waals surface area contributed by atoms with Gasteiger partial charge in [0.25, 0.3) is 0 Å². The van der Waals surface area contributed by atoms with Crippen LogP contribution in [0, 0.1) is 0 Å². The second kappa shape index (κ2) is 17.0. The quantitative estimate of drug-likeness (QED) is 0.190. The molecule has 0 N–H and O–H groups in total. The summed E-state index contributed by atoms with van der Waals surface area (Å²) in [6.45, 7) is 56.4. The van der Waals surface area contributed by atoms with E-state index in [1.807, 2.05) is 0 Å². The largest absolute Gasteiger partial charge is 0.482 e. The van der Waals surface area contributed by atoms with Crippen molar-refractivity contribution in [2.45, 2.75) is 256 Å². The molecular weight excluding hydrogens is 793 g/mol. The molecule has 4 heterocycles. The first-order valence-corrected chi connectivity index (χ1v) is 30.8. The Morgan fingerprint density at radius 1 is 0.466 bits per heavy atom. The standard InChI is InChI=1S/C46H90O8Si4/c1-29(2)55(30(3)4,31(5)6)51-37-25-35(49-39-27-47-57(43(13,14)15,44(16,17)18)53-41(37)39)36-26-38(52-56(32(7)8,33(9)10)34(11)12)42-40(50-36)28-48-58(54-42,45(19,20)21)46(22,23)24/h25-26,29-34,37-42H,27-28H2,1-24H3/t37-,38-,39-,40-,41+,42+/m1/s1. The van der Waals surface area contributed by atoms with Crippen LogP contribution >= 0.6 is 0 Å². The molecule has 6 atom stereocenters. The molecule has 0 saturated carbocycles. The molecule has 0 aliphatic carbocycles. The second-order valence-electron chi connectivity index (χ2n) is 24.2. The molecule has 4 aliphatic heterocycles. The van der Waals surface area contributed by atoms with Gasteiger partial charge in [-0.1, -0.05) is 166 Å². The predicted octanol–water partition coefficient (Wildman–Crippen LogP) is 13.6. The molecule has 58 heavy (non-hydrogen) atoms. The highest BCUT2D eigenvalue weighted by Gasteiger charge is 2.66. The minimum absolute atomic E-state index is 0.179. The van der Waals surface area contributed by atoms with Crippen molar-refractivity contribution in [3.05, 3.63) is 23.7 Å². The van der Waals surface area contributed by atoms with E-state index in [1.165, 1.54) is 0 Å². The monoisotopic (exact) mass is 883 g/mol. The molecule has 4 rings (SSSR count). The van der Waals surface area contributed by atoms with Crippen molar-refractivity contribution >= 4 is 33.8 Å². The molecule has 8 nitrogen and oxygen atoms in total. The van der Waals surface area contributed by atoms with Gasteiger partial charge in [0, 0.05) is 20.2 Å². The Balaban J connectivity index is 1.96. The average molecular weight is 884 g/mol. The lowest BCUT2D eigenvalue weighted by Crippen LogP contribution is -2.69. The summed E-state index contributed by atoms with van der Waals surface area (Å²) in [6, 6.07) is 0. The molecular formula is C46H90O8Si4. The van der Waals surface area contributed by atoms with Gasteiger partial charge in [0.15, 0.2) is 11.5 Å². The first-order valence-electron chi connectivity index (χ1n) is 22.9. The summed E-state index contributed by atoms with van der Waals surface area (Å²) < 4.78 is 58.8. The Morgan fingerprint density at radius 2 is 0.707 bits per heavy atom. The highest BCUT2D eigenvalue weighted by Crippen LogP contribution is 2.58. The molecule has 12 heteroatoms. The Bertz CT molecular complexity index is 1290. The van der Waals surface area contributed by atoms with Gasteiger partial charge in [0.05, 0.1) is 25.4 Å². The van der Waals surface area contributed by atoms with Gasteiger partial charge in [0.2, 0.25) is 16.6 Å². The van der Waals surface area contributed by atoms with Crippen LogP contribution in [0.5, 0.6) is 0 Å². The van der Waals surface area contributed by atoms with Crippen molar-refractivity contribution in [2.24, 2.45) is 0 Å². The lowest BCUT2D eigenvalue weighted by atomic mass is 10.0. The topological polar surface area (TPSA) is 73.8 Å². The van der Waals surface area contributed by atoms with Crippen LogP contribution in [-0.2, 0) is 36.0 Å². The summed E-state index contributed by atoms with van der Waals surface area (Å²) >= 11 is 0. The highest BCUT2D eigenvalue weighted by atomic mass is 28.4. The second-order valence-corrected chi connectivity index (χ2v) is 44.5. The first kappa shape index (κ1) is 50.4. The molecule has 338 valence electrons. The van der Waals surface area contributed by atoms with E-state index in [9.17, 15) is 0 Å². The van der Waals surface area contributed by atoms with Gasteiger partial charge < -0.3 is 36.0 Å². The maximum atomic E-state index is 7.76. The molecule has 0 bridgehead atoms. The first-order chi connectivity index (χ1) is 26.2. The van der Waals surface area contributed by atoms with Crippen LogP contribution in [0.25, 0.3) is 0 Å². The van der Waals surface area contributed by atoms with Gasteiger partial charge in [-0.25, -0.2) is 0 Å². The number of ether oxygens (including phenoxy) is 2. The van der Waals surface area contributed by atoms with Crippen molar-refractivity contribution in [2.75, 3.05) is 13.2 Å². The van der Waals surface area contributed by atoms with Gasteiger partial charge in [-0.15, -0.1) is 0 Å². The molecule has 2 saturated heterocycles. The van der Waals surface area contributed by atoms with Crippen molar-refractivity contribution < 1.29 is 36.0 Å². The van der Waals surface area contributed by atoms with Crippen LogP contribution in [0.15, 0.2) is 23.7 Å². The maximum Gasteiger partial charge on any atom is 0.349 e. The number of rotatable bonds is 11. The van der Waals surface area contributed by atoms with Crippen LogP contribution in [-0.4, -0.2) is 83.6 Å². The fourth-order valence-electron chi connectivity index (χ4n) is 12.4. The van der Waals surface area contributed by atoms with Crippen LogP contribution < -0.4 is 0 Å². The third-order valence-corrected chi connectivity index (χ3v) is 36.8. The Kier molecular flexibility index (Phi) is 14.8. The highest BCUT2D eigenvalue weighted by molar-refractivity contribution is 6.78. The summed E-state index contributed by atoms with van der Waals surface area (Å²) in [4.78, 5) is 0. The zero-order valence-electron chi connectivity index (χ0n) is 41.8. The SMILES string of the molecule is CC(C)[Si](O[C@@H]1C=C(C2=C[C@@H](O[Si](C(C)C)(C(C)C)C(C)C)[C@@H]3O[Si](C(C)(C)C)(C(C)(C)C)OC[C@H]3O2)O[C@@H]2CO[Si](C(C)(C)C)(C(C)(C)C)O[C@@H]12)(C(C)C)C(C)C. The summed E-state index contributed by atoms with van der Waals surface area (Å²) in [6.07, 6.45) is 2.34. The molecule has 0 radical (unpaired) electrons. The normalized spacial score (nSPS) is 28.7. The van der Waals surface area contributed by atoms with E-state index in [2.05, 4.69) is 178 Å². The molecule has 0 amide bonds. The molecule has 0 aromatic carbocycles. The lowest BCUT2D eigenvalue weighted by Gasteiger charge is -2.58. The van der Waals surface area contributed by atoms with E-state index in [-0.39, 0.29) is 56.8 Å². The zero-order chi connectivity index (χ0) is 44.6. The minimum Gasteiger partial charge on any atom is -0.482 e. The molecule has 0 aromatic rings. The van der Waals surface area contributed by atoms with E-state index < -0.39 is 33.8 Å². The minimum atomic E-state index is -2.86. The Morgan fingerprint density at radius 3 is 0.914 bits per heavy atom. The summed E-state index contributed by atoms with van der Waals surface area (Å²) in [5, 5.41) is -0.717. The Hall–Kier alpha value is -0.292. The van der Waals surface area contributed by atoms with Crippen LogP contribution in [0.3, 0.4) is 0 Å². The molecule has 0 aromatic heterocycles. The van der Waals surface area contributed by atoms with Crippen molar-refractivity contribution in [3.8, 4) is 0 Å². The van der Waals surface area contributed by atoms with Crippen LogP contribution in [0.1, 0.15) is 166 Å². The fraction of sp³-hybridized carbons (Fsp3) is 0.913. The van der Waals surface area contributed by atoms with Gasteiger partial charge in [-0.3, -0.25) is 0 Å². The van der Waals surface area contributed by atoms with E-state index in [4.69, 9.17) is 36.0 Å². The van der Waals surface area contributed by atoms with Crippen molar-refractivity contribution in [1.29, 1.82) is 0 Å². The summed E-state index contributed by atoms with van der Waals surface area (Å²) in [7, 11) is -10.5. The zero-order valence-corrected chi connectivity index (χ0v) is 45.8. The maximum absolute atomic E-state index is 7.76. The van der Waals surface area contributed by atoms with Crippen LogP contribution in [0.2, 0.25) is 53.4 Å².